The van der Waals surface area contributed by atoms with Crippen LogP contribution >= 0.6 is 0 Å². The van der Waals surface area contributed by atoms with E-state index >= 15 is 0 Å². The fourth-order valence-electron chi connectivity index (χ4n) is 3.24. The van der Waals surface area contributed by atoms with Crippen LogP contribution < -0.4 is 0 Å². The number of carbonyl (C=O) groups excluding carboxylic acids is 1. The zero-order valence-corrected chi connectivity index (χ0v) is 15.3. The molecular formula is C14H25F3N4O3S. The summed E-state index contributed by atoms with van der Waals surface area (Å²) in [5, 5.41) is 0. The first-order valence-corrected chi connectivity index (χ1v) is 9.77. The Hall–Kier alpha value is -0.910. The summed E-state index contributed by atoms with van der Waals surface area (Å²) in [6, 6.07) is -0.593. The minimum atomic E-state index is -4.41. The number of piperidine rings is 1. The van der Waals surface area contributed by atoms with E-state index in [9.17, 15) is 26.4 Å². The molecule has 146 valence electrons. The van der Waals surface area contributed by atoms with E-state index in [1.54, 1.807) is 6.92 Å². The van der Waals surface area contributed by atoms with Crippen LogP contribution in [0.25, 0.3) is 0 Å². The fraction of sp³-hybridized carbons (Fsp3) is 0.929. The zero-order valence-electron chi connectivity index (χ0n) is 14.5. The topological polar surface area (TPSA) is 64.2 Å². The third-order valence-corrected chi connectivity index (χ3v) is 6.82. The molecular weight excluding hydrogens is 361 g/mol. The van der Waals surface area contributed by atoms with Crippen LogP contribution in [-0.2, 0) is 15.0 Å². The number of halogens is 3. The Balaban J connectivity index is 1.97. The van der Waals surface area contributed by atoms with Gasteiger partial charge in [-0.25, -0.2) is 0 Å². The van der Waals surface area contributed by atoms with Crippen LogP contribution in [0, 0.1) is 0 Å². The molecule has 2 aliphatic heterocycles. The summed E-state index contributed by atoms with van der Waals surface area (Å²) in [6.07, 6.45) is -3.38. The number of hydrogen-bond acceptors (Lipinski definition) is 4. The summed E-state index contributed by atoms with van der Waals surface area (Å²) < 4.78 is 65.0. The van der Waals surface area contributed by atoms with Crippen molar-refractivity contribution in [1.29, 1.82) is 0 Å². The highest BCUT2D eigenvalue weighted by Crippen LogP contribution is 2.24. The second-order valence-corrected chi connectivity index (χ2v) is 8.43. The predicted molar refractivity (Wildman–Crippen MR) is 86.0 cm³/mol. The molecule has 2 saturated heterocycles. The van der Waals surface area contributed by atoms with E-state index in [0.717, 1.165) is 4.90 Å². The number of hydrogen-bond donors (Lipinski definition) is 0. The molecule has 0 unspecified atom stereocenters. The number of amides is 1. The van der Waals surface area contributed by atoms with Crippen molar-refractivity contribution >= 4 is 16.1 Å². The van der Waals surface area contributed by atoms with E-state index in [-0.39, 0.29) is 19.6 Å². The largest absolute Gasteiger partial charge is 0.406 e. The molecule has 0 radical (unpaired) electrons. The standard InChI is InChI=1S/C14H25F3N4O3S/c1-3-18(2)25(23,24)21-9-7-19(8-10-21)12-5-4-6-20(13(12)22)11-14(15,16)17/h12H,3-11H2,1-2H3/t12-/m1/s1. The molecule has 0 saturated carbocycles. The molecule has 2 fully saturated rings. The highest BCUT2D eigenvalue weighted by molar-refractivity contribution is 7.86. The molecule has 0 aromatic rings. The first-order chi connectivity index (χ1) is 11.6. The highest BCUT2D eigenvalue weighted by Gasteiger charge is 2.41. The highest BCUT2D eigenvalue weighted by atomic mass is 32.2. The molecule has 0 spiro atoms. The SMILES string of the molecule is CCN(C)S(=O)(=O)N1CCN([C@@H]2CCCN(CC(F)(F)F)C2=O)CC1. The van der Waals surface area contributed by atoms with E-state index in [2.05, 4.69) is 0 Å². The van der Waals surface area contributed by atoms with Crippen LogP contribution in [-0.4, -0.2) is 97.8 Å². The van der Waals surface area contributed by atoms with Crippen molar-refractivity contribution in [3.05, 3.63) is 0 Å². The molecule has 11 heteroatoms. The summed E-state index contributed by atoms with van der Waals surface area (Å²) in [7, 11) is -2.02. The van der Waals surface area contributed by atoms with Crippen molar-refractivity contribution in [2.75, 3.05) is 52.9 Å². The van der Waals surface area contributed by atoms with Gasteiger partial charge in [0.15, 0.2) is 0 Å². The summed E-state index contributed by atoms with van der Waals surface area (Å²) in [5.74, 6) is -0.509. The molecule has 2 rings (SSSR count). The molecule has 0 aromatic heterocycles. The maximum absolute atomic E-state index is 12.6. The van der Waals surface area contributed by atoms with E-state index < -0.39 is 34.9 Å². The maximum Gasteiger partial charge on any atom is 0.406 e. The van der Waals surface area contributed by atoms with Crippen molar-refractivity contribution in [2.45, 2.75) is 32.0 Å². The van der Waals surface area contributed by atoms with Gasteiger partial charge in [0.25, 0.3) is 10.2 Å². The monoisotopic (exact) mass is 386 g/mol. The van der Waals surface area contributed by atoms with E-state index in [0.29, 0.717) is 32.5 Å². The van der Waals surface area contributed by atoms with Crippen LogP contribution in [0.5, 0.6) is 0 Å². The van der Waals surface area contributed by atoms with Crippen LogP contribution in [0.3, 0.4) is 0 Å². The molecule has 0 bridgehead atoms. The molecule has 0 aromatic carbocycles. The zero-order chi connectivity index (χ0) is 18.8. The lowest BCUT2D eigenvalue weighted by molar-refractivity contribution is -0.168. The van der Waals surface area contributed by atoms with Crippen LogP contribution in [0.15, 0.2) is 0 Å². The summed E-state index contributed by atoms with van der Waals surface area (Å²) in [4.78, 5) is 15.1. The summed E-state index contributed by atoms with van der Waals surface area (Å²) in [5.41, 5.74) is 0. The molecule has 7 nitrogen and oxygen atoms in total. The van der Waals surface area contributed by atoms with Gasteiger partial charge >= 0.3 is 6.18 Å². The Kier molecular flexibility index (Phi) is 6.34. The molecule has 2 aliphatic rings. The molecule has 0 aliphatic carbocycles. The Bertz CT molecular complexity index is 576. The maximum atomic E-state index is 12.6. The lowest BCUT2D eigenvalue weighted by Gasteiger charge is -2.42. The second-order valence-electron chi connectivity index (χ2n) is 6.39. The third kappa shape index (κ3) is 4.83. The van der Waals surface area contributed by atoms with Crippen LogP contribution in [0.2, 0.25) is 0 Å². The van der Waals surface area contributed by atoms with Gasteiger partial charge in [0, 0.05) is 46.3 Å². The van der Waals surface area contributed by atoms with Crippen molar-refractivity contribution in [3.8, 4) is 0 Å². The van der Waals surface area contributed by atoms with Gasteiger partial charge in [-0.2, -0.15) is 30.2 Å². The molecule has 1 amide bonds. The summed E-state index contributed by atoms with van der Waals surface area (Å²) in [6.45, 7) is 2.13. The minimum Gasteiger partial charge on any atom is -0.332 e. The smallest absolute Gasteiger partial charge is 0.332 e. The lowest BCUT2D eigenvalue weighted by atomic mass is 10.0. The van der Waals surface area contributed by atoms with E-state index in [1.807, 2.05) is 4.90 Å². The van der Waals surface area contributed by atoms with Gasteiger partial charge < -0.3 is 4.90 Å². The molecule has 25 heavy (non-hydrogen) atoms. The van der Waals surface area contributed by atoms with Gasteiger partial charge in [-0.1, -0.05) is 6.92 Å². The minimum absolute atomic E-state index is 0.116. The van der Waals surface area contributed by atoms with Crippen LogP contribution in [0.4, 0.5) is 13.2 Å². The van der Waals surface area contributed by atoms with Gasteiger partial charge in [0.2, 0.25) is 5.91 Å². The Morgan fingerprint density at radius 1 is 1.16 bits per heavy atom. The van der Waals surface area contributed by atoms with Crippen LogP contribution in [0.1, 0.15) is 19.8 Å². The lowest BCUT2D eigenvalue weighted by Crippen LogP contribution is -2.60. The van der Waals surface area contributed by atoms with E-state index in [4.69, 9.17) is 0 Å². The normalized spacial score (nSPS) is 25.0. The number of likely N-dealkylation sites (tertiary alicyclic amines) is 1. The van der Waals surface area contributed by atoms with Gasteiger partial charge in [-0.3, -0.25) is 9.69 Å². The van der Waals surface area contributed by atoms with Gasteiger partial charge in [0.1, 0.15) is 6.54 Å². The average molecular weight is 386 g/mol. The Labute approximate surface area is 146 Å². The number of alkyl halides is 3. The number of nitrogens with zero attached hydrogens (tertiary/aromatic N) is 4. The van der Waals surface area contributed by atoms with Crippen molar-refractivity contribution in [2.24, 2.45) is 0 Å². The van der Waals surface area contributed by atoms with E-state index in [1.165, 1.54) is 15.7 Å². The fourth-order valence-corrected chi connectivity index (χ4v) is 4.58. The molecule has 0 N–H and O–H groups in total. The molecule has 2 heterocycles. The van der Waals surface area contributed by atoms with Gasteiger partial charge in [-0.15, -0.1) is 0 Å². The Morgan fingerprint density at radius 2 is 1.76 bits per heavy atom. The quantitative estimate of drug-likeness (QED) is 0.684. The van der Waals surface area contributed by atoms with Gasteiger partial charge in [-0.05, 0) is 12.8 Å². The number of carbonyl (C=O) groups is 1. The molecule has 1 atom stereocenters. The van der Waals surface area contributed by atoms with Crippen molar-refractivity contribution in [3.63, 3.8) is 0 Å². The second kappa shape index (κ2) is 7.77. The van der Waals surface area contributed by atoms with Crippen molar-refractivity contribution in [1.82, 2.24) is 18.4 Å². The number of piperazine rings is 1. The first kappa shape index (κ1) is 20.4. The Morgan fingerprint density at radius 3 is 2.28 bits per heavy atom. The predicted octanol–water partition coefficient (Wildman–Crippen LogP) is 0.354. The van der Waals surface area contributed by atoms with Crippen molar-refractivity contribution < 1.29 is 26.4 Å². The first-order valence-electron chi connectivity index (χ1n) is 8.37. The number of rotatable bonds is 5. The third-order valence-electron chi connectivity index (χ3n) is 4.75. The summed E-state index contributed by atoms with van der Waals surface area (Å²) >= 11 is 0. The van der Waals surface area contributed by atoms with Gasteiger partial charge in [0.05, 0.1) is 6.04 Å². The average Bonchev–Trinajstić information content (AvgIpc) is 2.55.